The van der Waals surface area contributed by atoms with Crippen LogP contribution in [0.1, 0.15) is 11.1 Å². The normalized spacial score (nSPS) is 18.4. The van der Waals surface area contributed by atoms with Gasteiger partial charge in [0.15, 0.2) is 23.0 Å². The number of carbonyl (C=O) groups excluding carboxylic acids is 1. The van der Waals surface area contributed by atoms with E-state index in [2.05, 4.69) is 0 Å². The average Bonchev–Trinajstić information content (AvgIpc) is 3.07. The van der Waals surface area contributed by atoms with Crippen LogP contribution >= 0.6 is 0 Å². The van der Waals surface area contributed by atoms with E-state index in [0.29, 0.717) is 36.7 Å². The molecule has 7 heteroatoms. The fourth-order valence-corrected chi connectivity index (χ4v) is 3.58. The molecule has 0 saturated carbocycles. The second-order valence-electron chi connectivity index (χ2n) is 6.97. The Kier molecular flexibility index (Phi) is 6.82. The number of methoxy groups -OCH3 is 2. The maximum atomic E-state index is 12.3. The zero-order valence-corrected chi connectivity index (χ0v) is 16.6. The molecule has 2 aromatic rings. The molecular formula is C22H26O7. The summed E-state index contributed by atoms with van der Waals surface area (Å²) in [4.78, 5) is 12.3. The van der Waals surface area contributed by atoms with Crippen LogP contribution in [0.4, 0.5) is 0 Å². The average molecular weight is 402 g/mol. The summed E-state index contributed by atoms with van der Waals surface area (Å²) in [5, 5.41) is 18.8. The lowest BCUT2D eigenvalue weighted by molar-refractivity contribution is -0.141. The molecule has 0 spiro atoms. The number of phenolic OH excluding ortho intramolecular Hbond substituents is 1. The molecule has 1 aliphatic heterocycles. The van der Waals surface area contributed by atoms with Crippen LogP contribution in [-0.2, 0) is 22.4 Å². The molecule has 1 heterocycles. The first-order chi connectivity index (χ1) is 14.0. The van der Waals surface area contributed by atoms with Crippen LogP contribution in [0.2, 0.25) is 0 Å². The summed E-state index contributed by atoms with van der Waals surface area (Å²) in [7, 11) is 3.18. The fraction of sp³-hybridized carbons (Fsp3) is 0.409. The van der Waals surface area contributed by atoms with E-state index >= 15 is 0 Å². The van der Waals surface area contributed by atoms with Gasteiger partial charge in [-0.2, -0.15) is 0 Å². The minimum absolute atomic E-state index is 0.00178. The van der Waals surface area contributed by atoms with Crippen LogP contribution in [0.5, 0.6) is 23.0 Å². The first-order valence-electron chi connectivity index (χ1n) is 9.48. The maximum absolute atomic E-state index is 12.3. The highest BCUT2D eigenvalue weighted by atomic mass is 16.5. The van der Waals surface area contributed by atoms with Gasteiger partial charge >= 0.3 is 5.97 Å². The van der Waals surface area contributed by atoms with E-state index in [-0.39, 0.29) is 36.8 Å². The number of benzene rings is 2. The monoisotopic (exact) mass is 402 g/mol. The van der Waals surface area contributed by atoms with Crippen molar-refractivity contribution in [3.05, 3.63) is 47.5 Å². The molecule has 0 aromatic heterocycles. The third-order valence-electron chi connectivity index (χ3n) is 5.09. The number of aliphatic hydroxyl groups excluding tert-OH is 1. The van der Waals surface area contributed by atoms with Gasteiger partial charge < -0.3 is 29.2 Å². The van der Waals surface area contributed by atoms with Crippen LogP contribution in [0, 0.1) is 11.8 Å². The summed E-state index contributed by atoms with van der Waals surface area (Å²) >= 11 is 0. The topological polar surface area (TPSA) is 94.5 Å². The largest absolute Gasteiger partial charge is 0.504 e. The number of cyclic esters (lactones) is 1. The third kappa shape index (κ3) is 4.92. The van der Waals surface area contributed by atoms with Crippen LogP contribution < -0.4 is 14.2 Å². The molecule has 156 valence electrons. The number of aromatic hydroxyl groups is 1. The molecule has 0 aliphatic carbocycles. The van der Waals surface area contributed by atoms with Crippen molar-refractivity contribution in [2.24, 2.45) is 11.8 Å². The Balaban J connectivity index is 1.74. The van der Waals surface area contributed by atoms with Crippen LogP contribution in [0.3, 0.4) is 0 Å². The van der Waals surface area contributed by atoms with Crippen molar-refractivity contribution in [2.45, 2.75) is 12.8 Å². The number of hydrogen-bond donors (Lipinski definition) is 2. The molecule has 0 radical (unpaired) electrons. The summed E-state index contributed by atoms with van der Waals surface area (Å²) in [6.45, 7) is 0.306. The van der Waals surface area contributed by atoms with Gasteiger partial charge in [-0.3, -0.25) is 4.79 Å². The van der Waals surface area contributed by atoms with Crippen molar-refractivity contribution in [2.75, 3.05) is 34.0 Å². The van der Waals surface area contributed by atoms with Crippen LogP contribution in [0.15, 0.2) is 36.4 Å². The third-order valence-corrected chi connectivity index (χ3v) is 5.09. The highest BCUT2D eigenvalue weighted by Crippen LogP contribution is 2.34. The zero-order chi connectivity index (χ0) is 20.8. The standard InChI is InChI=1S/C22H26O7/c1-26-19-6-4-14(12-21(19)27-2)9-16-13-29-22(25)17(16)10-15-3-5-18(24)20(11-15)28-8-7-23/h3-6,11-12,16-17,23-24H,7-10,13H2,1-2H3/t16-,17+/m0/s1. The minimum atomic E-state index is -0.293. The predicted molar refractivity (Wildman–Crippen MR) is 106 cm³/mol. The molecule has 0 bridgehead atoms. The van der Waals surface area contributed by atoms with Gasteiger partial charge in [-0.25, -0.2) is 0 Å². The van der Waals surface area contributed by atoms with Crippen molar-refractivity contribution in [3.8, 4) is 23.0 Å². The smallest absolute Gasteiger partial charge is 0.309 e. The molecule has 2 aromatic carbocycles. The molecular weight excluding hydrogens is 376 g/mol. The Hall–Kier alpha value is -2.93. The SMILES string of the molecule is COc1ccc(C[C@H]2COC(=O)[C@@H]2Cc2ccc(O)c(OCCO)c2)cc1OC. The number of ether oxygens (including phenoxy) is 4. The van der Waals surface area contributed by atoms with E-state index in [1.165, 1.54) is 6.07 Å². The Labute approximate surface area is 169 Å². The fourth-order valence-electron chi connectivity index (χ4n) is 3.58. The second kappa shape index (κ2) is 9.52. The van der Waals surface area contributed by atoms with E-state index in [0.717, 1.165) is 11.1 Å². The van der Waals surface area contributed by atoms with Crippen molar-refractivity contribution in [3.63, 3.8) is 0 Å². The van der Waals surface area contributed by atoms with E-state index in [1.54, 1.807) is 26.4 Å². The first kappa shape index (κ1) is 20.8. The van der Waals surface area contributed by atoms with Crippen molar-refractivity contribution in [1.29, 1.82) is 0 Å². The lowest BCUT2D eigenvalue weighted by Gasteiger charge is -2.17. The molecule has 29 heavy (non-hydrogen) atoms. The summed E-state index contributed by atoms with van der Waals surface area (Å²) in [6, 6.07) is 10.7. The van der Waals surface area contributed by atoms with E-state index in [4.69, 9.17) is 24.1 Å². The number of esters is 1. The number of aliphatic hydroxyl groups is 1. The molecule has 1 aliphatic rings. The van der Waals surface area contributed by atoms with Crippen molar-refractivity contribution >= 4 is 5.97 Å². The number of phenols is 1. The highest BCUT2D eigenvalue weighted by molar-refractivity contribution is 5.75. The van der Waals surface area contributed by atoms with Gasteiger partial charge in [-0.1, -0.05) is 12.1 Å². The van der Waals surface area contributed by atoms with Gasteiger partial charge in [-0.15, -0.1) is 0 Å². The molecule has 7 nitrogen and oxygen atoms in total. The second-order valence-corrected chi connectivity index (χ2v) is 6.97. The Morgan fingerprint density at radius 2 is 1.69 bits per heavy atom. The first-order valence-corrected chi connectivity index (χ1v) is 9.48. The quantitative estimate of drug-likeness (QED) is 0.622. The summed E-state index contributed by atoms with van der Waals surface area (Å²) < 4.78 is 21.3. The Morgan fingerprint density at radius 3 is 2.41 bits per heavy atom. The van der Waals surface area contributed by atoms with Crippen molar-refractivity contribution < 1.29 is 34.0 Å². The van der Waals surface area contributed by atoms with Crippen LogP contribution in [0.25, 0.3) is 0 Å². The lowest BCUT2D eigenvalue weighted by Crippen LogP contribution is -2.20. The highest BCUT2D eigenvalue weighted by Gasteiger charge is 2.37. The Morgan fingerprint density at radius 1 is 1.00 bits per heavy atom. The summed E-state index contributed by atoms with van der Waals surface area (Å²) in [5.41, 5.74) is 1.89. The van der Waals surface area contributed by atoms with Gasteiger partial charge in [0, 0.05) is 5.92 Å². The summed E-state index contributed by atoms with van der Waals surface area (Å²) in [5.74, 6) is 1.11. The van der Waals surface area contributed by atoms with E-state index < -0.39 is 0 Å². The number of rotatable bonds is 9. The van der Waals surface area contributed by atoms with Gasteiger partial charge in [0.05, 0.1) is 33.4 Å². The summed E-state index contributed by atoms with van der Waals surface area (Å²) in [6.07, 6.45) is 1.15. The van der Waals surface area contributed by atoms with Crippen LogP contribution in [-0.4, -0.2) is 50.2 Å². The number of carbonyl (C=O) groups is 1. The molecule has 2 atom stereocenters. The van der Waals surface area contributed by atoms with Gasteiger partial charge in [0.1, 0.15) is 6.61 Å². The maximum Gasteiger partial charge on any atom is 0.309 e. The zero-order valence-electron chi connectivity index (χ0n) is 16.6. The molecule has 0 unspecified atom stereocenters. The van der Waals surface area contributed by atoms with Gasteiger partial charge in [0.25, 0.3) is 0 Å². The lowest BCUT2D eigenvalue weighted by atomic mass is 9.85. The van der Waals surface area contributed by atoms with E-state index in [1.807, 2.05) is 18.2 Å². The van der Waals surface area contributed by atoms with Gasteiger partial charge in [-0.05, 0) is 48.2 Å². The minimum Gasteiger partial charge on any atom is -0.504 e. The molecule has 1 saturated heterocycles. The molecule has 0 amide bonds. The Bertz CT molecular complexity index is 849. The number of hydrogen-bond acceptors (Lipinski definition) is 7. The molecule has 2 N–H and O–H groups in total. The molecule has 3 rings (SSSR count). The van der Waals surface area contributed by atoms with E-state index in [9.17, 15) is 9.90 Å². The predicted octanol–water partition coefficient (Wildman–Crippen LogP) is 2.35. The molecule has 1 fully saturated rings. The van der Waals surface area contributed by atoms with Crippen molar-refractivity contribution in [1.82, 2.24) is 0 Å². The van der Waals surface area contributed by atoms with Gasteiger partial charge in [0.2, 0.25) is 0 Å².